The van der Waals surface area contributed by atoms with Gasteiger partial charge in [0.05, 0.1) is 11.6 Å². The summed E-state index contributed by atoms with van der Waals surface area (Å²) >= 11 is 6.26. The molecule has 2 rings (SSSR count). The summed E-state index contributed by atoms with van der Waals surface area (Å²) in [6.45, 7) is 7.08. The zero-order valence-corrected chi connectivity index (χ0v) is 12.0. The lowest BCUT2D eigenvalue weighted by atomic mass is 9.90. The van der Waals surface area contributed by atoms with Gasteiger partial charge in [-0.25, -0.2) is 0 Å². The number of aryl methyl sites for hydroxylation is 1. The molecular weight excluding hydrogens is 246 g/mol. The monoisotopic (exact) mass is 267 g/mol. The summed E-state index contributed by atoms with van der Waals surface area (Å²) in [5.41, 5.74) is 2.64. The summed E-state index contributed by atoms with van der Waals surface area (Å²) in [5.74, 6) is 1.55. The van der Waals surface area contributed by atoms with Crippen LogP contribution >= 0.6 is 11.6 Å². The molecule has 100 valence electrons. The van der Waals surface area contributed by atoms with Crippen molar-refractivity contribution < 1.29 is 4.74 Å². The Morgan fingerprint density at radius 1 is 1.44 bits per heavy atom. The van der Waals surface area contributed by atoms with Crippen LogP contribution in [0.3, 0.4) is 0 Å². The van der Waals surface area contributed by atoms with E-state index >= 15 is 0 Å². The van der Waals surface area contributed by atoms with E-state index in [2.05, 4.69) is 24.4 Å². The highest BCUT2D eigenvalue weighted by atomic mass is 35.5. The highest BCUT2D eigenvalue weighted by molar-refractivity contribution is 6.32. The van der Waals surface area contributed by atoms with Gasteiger partial charge in [0.1, 0.15) is 5.75 Å². The van der Waals surface area contributed by atoms with Gasteiger partial charge in [-0.2, -0.15) is 0 Å². The van der Waals surface area contributed by atoms with Crippen molar-refractivity contribution in [1.29, 1.82) is 0 Å². The van der Waals surface area contributed by atoms with Gasteiger partial charge in [0.15, 0.2) is 0 Å². The second-order valence-corrected chi connectivity index (χ2v) is 5.47. The van der Waals surface area contributed by atoms with Crippen molar-refractivity contribution in [3.05, 3.63) is 28.3 Å². The summed E-state index contributed by atoms with van der Waals surface area (Å²) < 4.78 is 5.52. The number of rotatable bonds is 4. The van der Waals surface area contributed by atoms with Gasteiger partial charge in [-0.05, 0) is 75.4 Å². The average Bonchev–Trinajstić information content (AvgIpc) is 2.37. The van der Waals surface area contributed by atoms with Gasteiger partial charge in [-0.15, -0.1) is 0 Å². The van der Waals surface area contributed by atoms with Gasteiger partial charge in [0.25, 0.3) is 0 Å². The maximum atomic E-state index is 6.26. The van der Waals surface area contributed by atoms with E-state index < -0.39 is 0 Å². The summed E-state index contributed by atoms with van der Waals surface area (Å²) in [6, 6.07) is 4.15. The molecular formula is C15H22ClNO. The van der Waals surface area contributed by atoms with Crippen molar-refractivity contribution in [1.82, 2.24) is 5.32 Å². The quantitative estimate of drug-likeness (QED) is 0.900. The predicted octanol–water partition coefficient (Wildman–Crippen LogP) is 3.59. The minimum absolute atomic E-state index is 0.658. The third-order valence-corrected chi connectivity index (χ3v) is 3.89. The number of benzene rings is 1. The lowest BCUT2D eigenvalue weighted by Crippen LogP contribution is -2.31. The van der Waals surface area contributed by atoms with Crippen LogP contribution in [0.4, 0.5) is 0 Å². The minimum atomic E-state index is 0.658. The predicted molar refractivity (Wildman–Crippen MR) is 76.7 cm³/mol. The molecule has 0 saturated carbocycles. The Morgan fingerprint density at radius 3 is 2.94 bits per heavy atom. The third-order valence-electron chi connectivity index (χ3n) is 3.60. The maximum absolute atomic E-state index is 6.26. The Balaban J connectivity index is 2.10. The van der Waals surface area contributed by atoms with Gasteiger partial charge < -0.3 is 10.1 Å². The highest BCUT2D eigenvalue weighted by Crippen LogP contribution is 2.30. The highest BCUT2D eigenvalue weighted by Gasteiger charge is 2.15. The second kappa shape index (κ2) is 6.44. The molecule has 0 aliphatic carbocycles. The van der Waals surface area contributed by atoms with Crippen LogP contribution in [0.1, 0.15) is 30.9 Å². The Kier molecular flexibility index (Phi) is 4.90. The van der Waals surface area contributed by atoms with Crippen molar-refractivity contribution >= 4 is 11.6 Å². The number of nitrogens with one attached hydrogen (secondary N) is 1. The fourth-order valence-electron chi connectivity index (χ4n) is 2.59. The molecule has 3 heteroatoms. The third kappa shape index (κ3) is 3.39. The molecule has 1 aliphatic heterocycles. The second-order valence-electron chi connectivity index (χ2n) is 5.06. The first-order chi connectivity index (χ1) is 8.70. The number of hydrogen-bond acceptors (Lipinski definition) is 2. The number of hydrogen-bond donors (Lipinski definition) is 1. The van der Waals surface area contributed by atoms with Crippen molar-refractivity contribution in [2.24, 2.45) is 5.92 Å². The maximum Gasteiger partial charge on any atom is 0.138 e. The molecule has 1 fully saturated rings. The molecule has 1 heterocycles. The molecule has 0 spiro atoms. The van der Waals surface area contributed by atoms with E-state index in [1.807, 2.05) is 6.92 Å². The molecule has 1 atom stereocenters. The summed E-state index contributed by atoms with van der Waals surface area (Å²) in [6.07, 6.45) is 3.72. The largest absolute Gasteiger partial charge is 0.492 e. The summed E-state index contributed by atoms with van der Waals surface area (Å²) in [4.78, 5) is 0. The van der Waals surface area contributed by atoms with E-state index in [1.54, 1.807) is 0 Å². The number of piperidine rings is 1. The van der Waals surface area contributed by atoms with Crippen LogP contribution in [0.15, 0.2) is 12.1 Å². The van der Waals surface area contributed by atoms with Crippen molar-refractivity contribution in [3.8, 4) is 5.75 Å². The van der Waals surface area contributed by atoms with Crippen LogP contribution in [0.5, 0.6) is 5.75 Å². The number of halogens is 1. The van der Waals surface area contributed by atoms with Crippen LogP contribution in [-0.2, 0) is 6.42 Å². The Morgan fingerprint density at radius 2 is 2.28 bits per heavy atom. The Labute approximate surface area is 115 Å². The fourth-order valence-corrected chi connectivity index (χ4v) is 2.83. The van der Waals surface area contributed by atoms with Crippen molar-refractivity contribution in [2.75, 3.05) is 19.7 Å². The zero-order chi connectivity index (χ0) is 13.0. The van der Waals surface area contributed by atoms with Crippen molar-refractivity contribution in [3.63, 3.8) is 0 Å². The van der Waals surface area contributed by atoms with E-state index in [9.17, 15) is 0 Å². The van der Waals surface area contributed by atoms with Crippen LogP contribution in [-0.4, -0.2) is 19.7 Å². The van der Waals surface area contributed by atoms with Gasteiger partial charge in [-0.3, -0.25) is 0 Å². The lowest BCUT2D eigenvalue weighted by Gasteiger charge is -2.23. The molecule has 0 radical (unpaired) electrons. The molecule has 0 aromatic heterocycles. The summed E-state index contributed by atoms with van der Waals surface area (Å²) in [5, 5.41) is 4.20. The zero-order valence-electron chi connectivity index (χ0n) is 11.3. The normalized spacial score (nSPS) is 19.8. The van der Waals surface area contributed by atoms with E-state index in [0.29, 0.717) is 6.61 Å². The minimum Gasteiger partial charge on any atom is -0.492 e. The van der Waals surface area contributed by atoms with Crippen LogP contribution in [0.25, 0.3) is 0 Å². The Hall–Kier alpha value is -0.730. The van der Waals surface area contributed by atoms with E-state index in [4.69, 9.17) is 16.3 Å². The molecule has 18 heavy (non-hydrogen) atoms. The Bertz CT molecular complexity index is 400. The van der Waals surface area contributed by atoms with Crippen LogP contribution < -0.4 is 10.1 Å². The van der Waals surface area contributed by atoms with Gasteiger partial charge in [0.2, 0.25) is 0 Å². The first-order valence-electron chi connectivity index (χ1n) is 6.83. The molecule has 1 unspecified atom stereocenters. The molecule has 1 N–H and O–H groups in total. The van der Waals surface area contributed by atoms with Gasteiger partial charge >= 0.3 is 0 Å². The average molecular weight is 268 g/mol. The molecule has 1 aromatic rings. The van der Waals surface area contributed by atoms with Gasteiger partial charge in [-0.1, -0.05) is 11.6 Å². The van der Waals surface area contributed by atoms with E-state index in [-0.39, 0.29) is 0 Å². The molecule has 1 aliphatic rings. The SMILES string of the molecule is CCOc1cc(C)c(CC2CCCNC2)cc1Cl. The molecule has 0 bridgehead atoms. The fraction of sp³-hybridized carbons (Fsp3) is 0.600. The first kappa shape index (κ1) is 13.7. The molecule has 1 aromatic carbocycles. The summed E-state index contributed by atoms with van der Waals surface area (Å²) in [7, 11) is 0. The first-order valence-corrected chi connectivity index (χ1v) is 7.21. The van der Waals surface area contributed by atoms with E-state index in [1.165, 1.54) is 30.5 Å². The molecule has 2 nitrogen and oxygen atoms in total. The van der Waals surface area contributed by atoms with Crippen LogP contribution in [0.2, 0.25) is 5.02 Å². The molecule has 0 amide bonds. The lowest BCUT2D eigenvalue weighted by molar-refractivity contribution is 0.339. The smallest absolute Gasteiger partial charge is 0.138 e. The van der Waals surface area contributed by atoms with E-state index in [0.717, 1.165) is 29.7 Å². The topological polar surface area (TPSA) is 21.3 Å². The number of ether oxygens (including phenoxy) is 1. The standard InChI is InChI=1S/C15H22ClNO/c1-3-18-15-7-11(2)13(9-14(15)16)8-12-5-4-6-17-10-12/h7,9,12,17H,3-6,8,10H2,1-2H3. The van der Waals surface area contributed by atoms with Crippen LogP contribution in [0, 0.1) is 12.8 Å². The van der Waals surface area contributed by atoms with Crippen molar-refractivity contribution in [2.45, 2.75) is 33.1 Å². The molecule has 1 saturated heterocycles. The van der Waals surface area contributed by atoms with Gasteiger partial charge in [0, 0.05) is 0 Å².